The number of nitrogens with two attached hydrogens (primary N) is 1. The highest BCUT2D eigenvalue weighted by molar-refractivity contribution is 6.76. The highest BCUT2D eigenvalue weighted by atomic mass is 28.3. The molecule has 41 heavy (non-hydrogen) atoms. The zero-order chi connectivity index (χ0) is 28.8. The minimum absolute atomic E-state index is 0.0508. The van der Waals surface area contributed by atoms with Gasteiger partial charge in [-0.3, -0.25) is 4.79 Å². The molecule has 0 aliphatic heterocycles. The maximum absolute atomic E-state index is 13.6. The molecule has 0 saturated carbocycles. The van der Waals surface area contributed by atoms with Gasteiger partial charge in [0.15, 0.2) is 5.78 Å². The number of hydrogen-bond donors (Lipinski definition) is 2. The second-order valence-corrected chi connectivity index (χ2v) is 16.9. The summed E-state index contributed by atoms with van der Waals surface area (Å²) in [7, 11) is -1.22. The van der Waals surface area contributed by atoms with E-state index in [1.165, 1.54) is 0 Å². The molecule has 7 heteroatoms. The smallest absolute Gasteiger partial charge is 0.193 e. The van der Waals surface area contributed by atoms with E-state index < -0.39 is 8.07 Å². The average molecular weight is 561 g/mol. The third-order valence-electron chi connectivity index (χ3n) is 6.86. The molecule has 4 aromatic carbocycles. The fourth-order valence-corrected chi connectivity index (χ4v) is 5.27. The number of hydrogen-bond acceptors (Lipinski definition) is 5. The van der Waals surface area contributed by atoms with Crippen LogP contribution in [0, 0.1) is 0 Å². The minimum Gasteiger partial charge on any atom is -0.398 e. The summed E-state index contributed by atoms with van der Waals surface area (Å²) in [4.78, 5) is 13.6. The SMILES string of the molecule is C[Si](C)(C)CCOCn1nc(C=Cc2ccccc2N)c2ccc(C(=O)c3cccc(Nc4ccccc4)c3)cc21. The van der Waals surface area contributed by atoms with Crippen LogP contribution >= 0.6 is 0 Å². The van der Waals surface area contributed by atoms with E-state index in [1.807, 2.05) is 114 Å². The number of carbonyl (C=O) groups excluding carboxylic acids is 1. The molecular formula is C34H36N4O2Si. The first kappa shape index (κ1) is 28.1. The van der Waals surface area contributed by atoms with Crippen molar-refractivity contribution in [2.75, 3.05) is 17.7 Å². The molecule has 0 bridgehead atoms. The third kappa shape index (κ3) is 7.19. The Bertz CT molecular complexity index is 1690. The molecule has 3 N–H and O–H groups in total. The van der Waals surface area contributed by atoms with Crippen molar-refractivity contribution in [2.24, 2.45) is 0 Å². The van der Waals surface area contributed by atoms with E-state index >= 15 is 0 Å². The molecule has 0 fully saturated rings. The molecule has 0 unspecified atom stereocenters. The highest BCUT2D eigenvalue weighted by Gasteiger charge is 2.16. The summed E-state index contributed by atoms with van der Waals surface area (Å²) in [6, 6.07) is 32.0. The van der Waals surface area contributed by atoms with Crippen molar-refractivity contribution in [3.63, 3.8) is 0 Å². The summed E-state index contributed by atoms with van der Waals surface area (Å²) in [5, 5.41) is 9.17. The minimum atomic E-state index is -1.22. The molecule has 0 amide bonds. The van der Waals surface area contributed by atoms with Crippen LogP contribution < -0.4 is 11.1 Å². The predicted octanol–water partition coefficient (Wildman–Crippen LogP) is 8.08. The van der Waals surface area contributed by atoms with Gasteiger partial charge in [-0.2, -0.15) is 5.10 Å². The molecule has 0 atom stereocenters. The van der Waals surface area contributed by atoms with Crippen LogP contribution in [0.4, 0.5) is 17.1 Å². The van der Waals surface area contributed by atoms with Gasteiger partial charge in [-0.25, -0.2) is 4.68 Å². The monoisotopic (exact) mass is 560 g/mol. The van der Waals surface area contributed by atoms with Crippen molar-refractivity contribution in [1.82, 2.24) is 9.78 Å². The molecule has 6 nitrogen and oxygen atoms in total. The van der Waals surface area contributed by atoms with Gasteiger partial charge in [0, 0.05) is 48.3 Å². The third-order valence-corrected chi connectivity index (χ3v) is 8.56. The van der Waals surface area contributed by atoms with Crippen molar-refractivity contribution >= 4 is 54.0 Å². The van der Waals surface area contributed by atoms with Gasteiger partial charge in [0.2, 0.25) is 0 Å². The number of ketones is 1. The van der Waals surface area contributed by atoms with Crippen molar-refractivity contribution < 1.29 is 9.53 Å². The summed E-state index contributed by atoms with van der Waals surface area (Å²) in [5.41, 5.74) is 12.5. The van der Waals surface area contributed by atoms with Gasteiger partial charge in [0.1, 0.15) is 6.73 Å². The first-order valence-corrected chi connectivity index (χ1v) is 17.6. The fourth-order valence-electron chi connectivity index (χ4n) is 4.52. The van der Waals surface area contributed by atoms with Gasteiger partial charge < -0.3 is 15.8 Å². The largest absolute Gasteiger partial charge is 0.398 e. The summed E-state index contributed by atoms with van der Waals surface area (Å²) >= 11 is 0. The summed E-state index contributed by atoms with van der Waals surface area (Å²) in [6.45, 7) is 8.00. The van der Waals surface area contributed by atoms with E-state index in [9.17, 15) is 4.79 Å². The molecule has 1 aromatic heterocycles. The van der Waals surface area contributed by atoms with E-state index in [0.29, 0.717) is 30.2 Å². The number of fused-ring (bicyclic) bond motifs is 1. The highest BCUT2D eigenvalue weighted by Crippen LogP contribution is 2.26. The molecule has 5 rings (SSSR count). The summed E-state index contributed by atoms with van der Waals surface area (Å²) < 4.78 is 7.90. The van der Waals surface area contributed by atoms with Gasteiger partial charge in [0.25, 0.3) is 0 Å². The number of ether oxygens (including phenoxy) is 1. The Balaban J connectivity index is 1.45. The van der Waals surface area contributed by atoms with Gasteiger partial charge in [0.05, 0.1) is 11.2 Å². The molecular weight excluding hydrogens is 524 g/mol. The van der Waals surface area contributed by atoms with Crippen LogP contribution in [-0.4, -0.2) is 30.2 Å². The second-order valence-electron chi connectivity index (χ2n) is 11.3. The number of anilines is 3. The van der Waals surface area contributed by atoms with Crippen LogP contribution in [0.1, 0.15) is 27.2 Å². The van der Waals surface area contributed by atoms with E-state index in [4.69, 9.17) is 15.6 Å². The van der Waals surface area contributed by atoms with E-state index in [-0.39, 0.29) is 5.78 Å². The van der Waals surface area contributed by atoms with E-state index in [1.54, 1.807) is 0 Å². The van der Waals surface area contributed by atoms with Crippen LogP contribution in [-0.2, 0) is 11.5 Å². The van der Waals surface area contributed by atoms with Crippen molar-refractivity contribution in [3.05, 3.63) is 119 Å². The standard InChI is InChI=1S/C34H36N4O2Si/c1-41(2,3)21-20-40-24-38-33-23-27(16-18-30(33)32(37-38)19-17-25-10-7-8-15-31(25)35)34(39)26-11-9-14-29(22-26)36-28-12-5-4-6-13-28/h4-19,22-23,36H,20-21,24,35H2,1-3H3. The lowest BCUT2D eigenvalue weighted by atomic mass is 10.0. The zero-order valence-corrected chi connectivity index (χ0v) is 24.8. The van der Waals surface area contributed by atoms with Crippen molar-refractivity contribution in [2.45, 2.75) is 32.4 Å². The Morgan fingerprint density at radius 1 is 0.878 bits per heavy atom. The normalized spacial score (nSPS) is 11.8. The van der Waals surface area contributed by atoms with Crippen LogP contribution in [0.2, 0.25) is 25.7 Å². The summed E-state index contributed by atoms with van der Waals surface area (Å²) in [5.74, 6) is -0.0508. The predicted molar refractivity (Wildman–Crippen MR) is 173 cm³/mol. The quantitative estimate of drug-likeness (QED) is 0.0739. The van der Waals surface area contributed by atoms with Crippen LogP contribution in [0.5, 0.6) is 0 Å². The van der Waals surface area contributed by atoms with Gasteiger partial charge in [-0.15, -0.1) is 0 Å². The summed E-state index contributed by atoms with van der Waals surface area (Å²) in [6.07, 6.45) is 3.94. The topological polar surface area (TPSA) is 82.2 Å². The molecule has 0 aliphatic rings. The van der Waals surface area contributed by atoms with Gasteiger partial charge in [-0.05, 0) is 60.1 Å². The van der Waals surface area contributed by atoms with E-state index in [2.05, 4.69) is 25.0 Å². The molecule has 5 aromatic rings. The number of rotatable bonds is 11. The molecule has 0 saturated heterocycles. The Hall–Kier alpha value is -4.46. The number of benzene rings is 4. The van der Waals surface area contributed by atoms with Crippen LogP contribution in [0.15, 0.2) is 97.1 Å². The lowest BCUT2D eigenvalue weighted by molar-refractivity contribution is 0.0816. The maximum Gasteiger partial charge on any atom is 0.193 e. The first-order chi connectivity index (χ1) is 19.8. The molecule has 1 heterocycles. The lowest BCUT2D eigenvalue weighted by Crippen LogP contribution is -2.22. The fraction of sp³-hybridized carbons (Fsp3) is 0.176. The number of para-hydroxylation sites is 2. The van der Waals surface area contributed by atoms with Crippen LogP contribution in [0.25, 0.3) is 23.1 Å². The maximum atomic E-state index is 13.6. The van der Waals surface area contributed by atoms with E-state index in [0.717, 1.165) is 39.6 Å². The van der Waals surface area contributed by atoms with Gasteiger partial charge >= 0.3 is 0 Å². The lowest BCUT2D eigenvalue weighted by Gasteiger charge is -2.15. The Kier molecular flexibility index (Phi) is 8.47. The molecule has 0 radical (unpaired) electrons. The second kappa shape index (κ2) is 12.4. The number of nitrogens with one attached hydrogen (secondary N) is 1. The van der Waals surface area contributed by atoms with Gasteiger partial charge in [-0.1, -0.05) is 80.3 Å². The van der Waals surface area contributed by atoms with Crippen molar-refractivity contribution in [3.8, 4) is 0 Å². The number of nitrogens with zero attached hydrogens (tertiary/aromatic N) is 2. The zero-order valence-electron chi connectivity index (χ0n) is 23.8. The number of carbonyl (C=O) groups is 1. The Morgan fingerprint density at radius 2 is 1.61 bits per heavy atom. The molecule has 0 aliphatic carbocycles. The molecule has 208 valence electrons. The Labute approximate surface area is 242 Å². The molecule has 0 spiro atoms. The first-order valence-electron chi connectivity index (χ1n) is 13.8. The average Bonchev–Trinajstić information content (AvgIpc) is 3.31. The van der Waals surface area contributed by atoms with Crippen molar-refractivity contribution in [1.29, 1.82) is 0 Å². The Morgan fingerprint density at radius 3 is 2.39 bits per heavy atom. The number of nitrogen functional groups attached to an aromatic ring is 1. The number of aromatic nitrogens is 2. The van der Waals surface area contributed by atoms with Crippen LogP contribution in [0.3, 0.4) is 0 Å².